The summed E-state index contributed by atoms with van der Waals surface area (Å²) in [6.45, 7) is 5.58. The number of ketones is 1. The van der Waals surface area contributed by atoms with Crippen LogP contribution in [-0.2, 0) is 21.4 Å². The van der Waals surface area contributed by atoms with Gasteiger partial charge < -0.3 is 9.64 Å². The molecular formula is C24H32N2O3. The van der Waals surface area contributed by atoms with E-state index in [1.165, 1.54) is 16.7 Å². The van der Waals surface area contributed by atoms with E-state index in [1.54, 1.807) is 18.9 Å². The van der Waals surface area contributed by atoms with Crippen molar-refractivity contribution in [1.82, 2.24) is 9.80 Å². The van der Waals surface area contributed by atoms with Crippen molar-refractivity contribution in [2.45, 2.75) is 63.5 Å². The second-order valence-corrected chi connectivity index (χ2v) is 9.06. The zero-order valence-electron chi connectivity index (χ0n) is 18.0. The van der Waals surface area contributed by atoms with Crippen molar-refractivity contribution in [3.63, 3.8) is 0 Å². The molecule has 3 aliphatic rings. The van der Waals surface area contributed by atoms with E-state index in [0.29, 0.717) is 6.54 Å². The topological polar surface area (TPSA) is 49.9 Å². The van der Waals surface area contributed by atoms with Crippen molar-refractivity contribution in [3.05, 3.63) is 41.0 Å². The highest BCUT2D eigenvalue weighted by atomic mass is 16.5. The van der Waals surface area contributed by atoms with Crippen LogP contribution in [0.5, 0.6) is 5.75 Å². The Bertz CT molecular complexity index is 862. The summed E-state index contributed by atoms with van der Waals surface area (Å²) in [7, 11) is 3.86. The third-order valence-electron chi connectivity index (χ3n) is 7.32. The lowest BCUT2D eigenvalue weighted by atomic mass is 9.64. The van der Waals surface area contributed by atoms with Crippen molar-refractivity contribution in [2.24, 2.45) is 0 Å². The Kier molecular flexibility index (Phi) is 5.28. The van der Waals surface area contributed by atoms with Gasteiger partial charge in [-0.15, -0.1) is 0 Å². The van der Waals surface area contributed by atoms with Crippen molar-refractivity contribution >= 4 is 11.7 Å². The monoisotopic (exact) mass is 396 g/mol. The number of methoxy groups -OCH3 is 1. The van der Waals surface area contributed by atoms with Gasteiger partial charge in [-0.2, -0.15) is 0 Å². The third kappa shape index (κ3) is 3.39. The molecule has 1 aromatic carbocycles. The van der Waals surface area contributed by atoms with Gasteiger partial charge in [0.1, 0.15) is 5.75 Å². The molecule has 29 heavy (non-hydrogen) atoms. The largest absolute Gasteiger partial charge is 0.497 e. The second kappa shape index (κ2) is 7.60. The highest BCUT2D eigenvalue weighted by molar-refractivity contribution is 5.94. The van der Waals surface area contributed by atoms with Crippen LogP contribution in [0.15, 0.2) is 29.8 Å². The molecule has 2 fully saturated rings. The number of likely N-dealkylation sites (tertiary alicyclic amines) is 2. The molecule has 0 radical (unpaired) electrons. The third-order valence-corrected chi connectivity index (χ3v) is 7.32. The first-order chi connectivity index (χ1) is 13.8. The Labute approximate surface area is 173 Å². The number of carbonyl (C=O) groups excluding carboxylic acids is 2. The molecule has 1 aromatic rings. The van der Waals surface area contributed by atoms with Crippen molar-refractivity contribution in [2.75, 3.05) is 27.2 Å². The summed E-state index contributed by atoms with van der Waals surface area (Å²) in [4.78, 5) is 29.5. The van der Waals surface area contributed by atoms with Crippen LogP contribution in [-0.4, -0.2) is 60.8 Å². The number of likely N-dealkylation sites (N-methyl/N-ethyl adjacent to an activating group) is 1. The molecular weight excluding hydrogens is 364 g/mol. The van der Waals surface area contributed by atoms with E-state index in [0.717, 1.165) is 44.4 Å². The molecule has 0 spiro atoms. The minimum Gasteiger partial charge on any atom is -0.497 e. The fraction of sp³-hybridized carbons (Fsp3) is 0.583. The molecule has 0 aromatic heterocycles. The van der Waals surface area contributed by atoms with Gasteiger partial charge in [0.15, 0.2) is 5.78 Å². The van der Waals surface area contributed by atoms with Crippen molar-refractivity contribution in [1.29, 1.82) is 0 Å². The molecule has 2 aliphatic heterocycles. The Morgan fingerprint density at radius 1 is 1.24 bits per heavy atom. The number of amides is 1. The molecule has 0 saturated carbocycles. The number of ether oxygens (including phenoxy) is 1. The molecule has 4 rings (SSSR count). The normalized spacial score (nSPS) is 30.8. The van der Waals surface area contributed by atoms with Gasteiger partial charge in [-0.1, -0.05) is 13.0 Å². The summed E-state index contributed by atoms with van der Waals surface area (Å²) in [6.07, 6.45) is 6.55. The summed E-state index contributed by atoms with van der Waals surface area (Å²) < 4.78 is 5.51. The van der Waals surface area contributed by atoms with E-state index in [1.807, 2.05) is 12.1 Å². The van der Waals surface area contributed by atoms with Crippen LogP contribution in [0.1, 0.15) is 50.7 Å². The lowest BCUT2D eigenvalue weighted by Crippen LogP contribution is -2.45. The van der Waals surface area contributed by atoms with E-state index < -0.39 is 0 Å². The highest BCUT2D eigenvalue weighted by Gasteiger charge is 2.45. The van der Waals surface area contributed by atoms with Crippen LogP contribution in [0.4, 0.5) is 0 Å². The van der Waals surface area contributed by atoms with Crippen molar-refractivity contribution < 1.29 is 14.3 Å². The zero-order chi connectivity index (χ0) is 20.8. The van der Waals surface area contributed by atoms with Gasteiger partial charge in [-0.05, 0) is 81.5 Å². The molecule has 1 aliphatic carbocycles. The molecule has 2 heterocycles. The predicted octanol–water partition coefficient (Wildman–Crippen LogP) is 3.11. The number of benzene rings is 1. The Hall–Kier alpha value is -2.14. The summed E-state index contributed by atoms with van der Waals surface area (Å²) in [6, 6.07) is 6.33. The number of Topliss-reactive ketones (excluding diaryl/α,β-unsaturated/α-hetero) is 1. The summed E-state index contributed by atoms with van der Waals surface area (Å²) >= 11 is 0. The lowest BCUT2D eigenvalue weighted by Gasteiger charge is -2.43. The first kappa shape index (κ1) is 20.1. The summed E-state index contributed by atoms with van der Waals surface area (Å²) in [5, 5.41) is 0. The molecule has 2 bridgehead atoms. The predicted molar refractivity (Wildman–Crippen MR) is 113 cm³/mol. The molecule has 156 valence electrons. The average Bonchev–Trinajstić information content (AvgIpc) is 3.17. The Morgan fingerprint density at radius 2 is 2.03 bits per heavy atom. The average molecular weight is 397 g/mol. The van der Waals surface area contributed by atoms with Crippen LogP contribution in [0, 0.1) is 0 Å². The summed E-state index contributed by atoms with van der Waals surface area (Å²) in [5.41, 5.74) is 3.63. The first-order valence-corrected chi connectivity index (χ1v) is 10.8. The number of rotatable bonds is 3. The second-order valence-electron chi connectivity index (χ2n) is 9.06. The number of hydrogen-bond acceptors (Lipinski definition) is 4. The summed E-state index contributed by atoms with van der Waals surface area (Å²) in [5.74, 6) is 0.951. The van der Waals surface area contributed by atoms with Gasteiger partial charge in [0, 0.05) is 24.1 Å². The van der Waals surface area contributed by atoms with Gasteiger partial charge in [0.2, 0.25) is 5.91 Å². The molecule has 5 nitrogen and oxygen atoms in total. The maximum Gasteiger partial charge on any atom is 0.247 e. The number of carbonyl (C=O) groups is 2. The van der Waals surface area contributed by atoms with E-state index >= 15 is 0 Å². The molecule has 1 amide bonds. The zero-order valence-corrected chi connectivity index (χ0v) is 18.0. The van der Waals surface area contributed by atoms with Crippen LogP contribution in [0.3, 0.4) is 0 Å². The van der Waals surface area contributed by atoms with Gasteiger partial charge in [0.25, 0.3) is 0 Å². The van der Waals surface area contributed by atoms with E-state index in [4.69, 9.17) is 4.74 Å². The van der Waals surface area contributed by atoms with Crippen LogP contribution >= 0.6 is 0 Å². The first-order valence-electron chi connectivity index (χ1n) is 10.8. The SMILES string of the molecule is COc1ccc2c(c1)C1(C)CCCN(C)C(C2)/C1=C\C(=O)N1CCC[C@H]1C(C)=O. The van der Waals surface area contributed by atoms with Crippen LogP contribution < -0.4 is 4.74 Å². The molecule has 2 unspecified atom stereocenters. The molecule has 5 heteroatoms. The van der Waals surface area contributed by atoms with E-state index in [9.17, 15) is 9.59 Å². The smallest absolute Gasteiger partial charge is 0.247 e. The minimum atomic E-state index is -0.261. The number of fused-ring (bicyclic) bond motifs is 4. The van der Waals surface area contributed by atoms with Crippen molar-refractivity contribution in [3.8, 4) is 5.75 Å². The van der Waals surface area contributed by atoms with E-state index in [2.05, 4.69) is 31.0 Å². The van der Waals surface area contributed by atoms with Gasteiger partial charge >= 0.3 is 0 Å². The van der Waals surface area contributed by atoms with E-state index in [-0.39, 0.29) is 29.2 Å². The van der Waals surface area contributed by atoms with Gasteiger partial charge in [-0.3, -0.25) is 14.5 Å². The lowest BCUT2D eigenvalue weighted by molar-refractivity contribution is -0.133. The molecule has 2 saturated heterocycles. The molecule has 3 atom stereocenters. The maximum absolute atomic E-state index is 13.3. The fourth-order valence-electron chi connectivity index (χ4n) is 5.65. The van der Waals surface area contributed by atoms with Gasteiger partial charge in [0.05, 0.1) is 13.2 Å². The number of nitrogens with zero attached hydrogens (tertiary/aromatic N) is 2. The quantitative estimate of drug-likeness (QED) is 0.737. The minimum absolute atomic E-state index is 0.00410. The van der Waals surface area contributed by atoms with Gasteiger partial charge in [-0.25, -0.2) is 0 Å². The standard InChI is InChI=1S/C24H32N2O3/c1-16(27)21-7-5-12-26(21)23(28)15-20-22-13-17-8-9-18(29-4)14-19(17)24(20,2)10-6-11-25(22)3/h8-9,14-15,21-22H,5-7,10-13H2,1-4H3/b20-15+/t21-,22?,24?/m0/s1. The Balaban J connectivity index is 1.79. The molecule has 0 N–H and O–H groups in total. The maximum atomic E-state index is 13.3. The van der Waals surface area contributed by atoms with Crippen LogP contribution in [0.25, 0.3) is 0 Å². The Morgan fingerprint density at radius 3 is 2.76 bits per heavy atom. The number of hydrogen-bond donors (Lipinski definition) is 0. The van der Waals surface area contributed by atoms with Crippen LogP contribution in [0.2, 0.25) is 0 Å². The fourth-order valence-corrected chi connectivity index (χ4v) is 5.65. The highest BCUT2D eigenvalue weighted by Crippen LogP contribution is 2.48.